The quantitative estimate of drug-likeness (QED) is 0.857. The van der Waals surface area contributed by atoms with Gasteiger partial charge in [-0.05, 0) is 42.0 Å². The maximum atomic E-state index is 12.8. The molecule has 3 heteroatoms. The summed E-state index contributed by atoms with van der Waals surface area (Å²) in [5.41, 5.74) is 3.47. The van der Waals surface area contributed by atoms with Crippen molar-refractivity contribution < 1.29 is 9.59 Å². The van der Waals surface area contributed by atoms with Crippen molar-refractivity contribution in [3.05, 3.63) is 70.8 Å². The van der Waals surface area contributed by atoms with Gasteiger partial charge < -0.3 is 0 Å². The first-order valence-electron chi connectivity index (χ1n) is 8.73. The molecule has 2 amide bonds. The maximum absolute atomic E-state index is 12.8. The van der Waals surface area contributed by atoms with Crippen LogP contribution in [0.5, 0.6) is 0 Å². The van der Waals surface area contributed by atoms with E-state index in [0.29, 0.717) is 5.56 Å². The summed E-state index contributed by atoms with van der Waals surface area (Å²) in [7, 11) is 0. The molecule has 0 unspecified atom stereocenters. The Kier molecular flexibility index (Phi) is 3.72. The van der Waals surface area contributed by atoms with Crippen LogP contribution in [-0.2, 0) is 16.6 Å². The highest BCUT2D eigenvalue weighted by molar-refractivity contribution is 6.13. The van der Waals surface area contributed by atoms with Crippen molar-refractivity contribution in [2.75, 3.05) is 0 Å². The second-order valence-electron chi connectivity index (χ2n) is 6.93. The third kappa shape index (κ3) is 2.35. The molecule has 1 N–H and O–H groups in total. The van der Waals surface area contributed by atoms with Gasteiger partial charge in [0.15, 0.2) is 0 Å². The fraction of sp³-hybridized carbons (Fsp3) is 0.333. The van der Waals surface area contributed by atoms with E-state index in [2.05, 4.69) is 23.5 Å². The molecule has 3 nitrogen and oxygen atoms in total. The largest absolute Gasteiger partial charge is 0.292 e. The molecule has 0 atom stereocenters. The highest BCUT2D eigenvalue weighted by Gasteiger charge is 2.48. The van der Waals surface area contributed by atoms with Crippen LogP contribution in [0.3, 0.4) is 0 Å². The predicted octanol–water partition coefficient (Wildman–Crippen LogP) is 3.75. The van der Waals surface area contributed by atoms with Gasteiger partial charge in [0.25, 0.3) is 5.91 Å². The van der Waals surface area contributed by atoms with Gasteiger partial charge in [0.2, 0.25) is 5.91 Å². The fourth-order valence-electron chi connectivity index (χ4n) is 4.35. The fourth-order valence-corrected chi connectivity index (χ4v) is 4.35. The lowest BCUT2D eigenvalue weighted by Crippen LogP contribution is -2.53. The highest BCUT2D eigenvalue weighted by Crippen LogP contribution is 2.45. The molecule has 2 aromatic carbocycles. The van der Waals surface area contributed by atoms with Gasteiger partial charge in [0.1, 0.15) is 0 Å². The Hall–Kier alpha value is -2.42. The molecule has 1 heterocycles. The molecule has 1 aliphatic heterocycles. The van der Waals surface area contributed by atoms with Crippen molar-refractivity contribution in [1.29, 1.82) is 0 Å². The minimum absolute atomic E-state index is 0.0970. The summed E-state index contributed by atoms with van der Waals surface area (Å²) >= 11 is 0. The Morgan fingerprint density at radius 1 is 0.875 bits per heavy atom. The first-order valence-corrected chi connectivity index (χ1v) is 8.73. The number of hydrogen-bond donors (Lipinski definition) is 1. The second kappa shape index (κ2) is 5.90. The normalized spacial score (nSPS) is 19.0. The first-order chi connectivity index (χ1) is 11.7. The topological polar surface area (TPSA) is 46.2 Å². The molecule has 1 fully saturated rings. The molecule has 0 aromatic heterocycles. The Morgan fingerprint density at radius 2 is 1.62 bits per heavy atom. The lowest BCUT2D eigenvalue weighted by molar-refractivity contribution is -0.127. The first kappa shape index (κ1) is 15.1. The van der Waals surface area contributed by atoms with Crippen LogP contribution in [0.15, 0.2) is 48.5 Å². The number of nitrogens with one attached hydrogen (secondary N) is 1. The molecule has 1 saturated carbocycles. The van der Waals surface area contributed by atoms with Crippen LogP contribution < -0.4 is 5.32 Å². The Labute approximate surface area is 142 Å². The zero-order chi connectivity index (χ0) is 16.6. The van der Waals surface area contributed by atoms with Crippen molar-refractivity contribution in [1.82, 2.24) is 5.32 Å². The van der Waals surface area contributed by atoms with Crippen LogP contribution in [-0.4, -0.2) is 11.8 Å². The Bertz CT molecular complexity index is 789. The molecule has 1 spiro atoms. The third-order valence-electron chi connectivity index (χ3n) is 5.48. The molecule has 0 saturated heterocycles. The SMILES string of the molecule is O=C1NC(=O)C2(CCCCC2)c2c(Cc3ccccc3)cccc21. The maximum Gasteiger partial charge on any atom is 0.258 e. The van der Waals surface area contributed by atoms with Gasteiger partial charge in [-0.2, -0.15) is 0 Å². The average Bonchev–Trinajstić information content (AvgIpc) is 2.62. The number of imide groups is 1. The van der Waals surface area contributed by atoms with Gasteiger partial charge in [-0.1, -0.05) is 61.7 Å². The van der Waals surface area contributed by atoms with E-state index >= 15 is 0 Å². The van der Waals surface area contributed by atoms with Crippen molar-refractivity contribution in [3.63, 3.8) is 0 Å². The predicted molar refractivity (Wildman–Crippen MR) is 92.9 cm³/mol. The van der Waals surface area contributed by atoms with E-state index in [1.807, 2.05) is 30.3 Å². The van der Waals surface area contributed by atoms with Crippen LogP contribution in [0.1, 0.15) is 59.2 Å². The van der Waals surface area contributed by atoms with Crippen LogP contribution in [0.4, 0.5) is 0 Å². The van der Waals surface area contributed by atoms with Crippen LogP contribution in [0.25, 0.3) is 0 Å². The summed E-state index contributed by atoms with van der Waals surface area (Å²) in [6, 6.07) is 16.1. The van der Waals surface area contributed by atoms with Gasteiger partial charge >= 0.3 is 0 Å². The molecule has 0 radical (unpaired) electrons. The zero-order valence-electron chi connectivity index (χ0n) is 13.7. The number of amides is 2. The molecule has 24 heavy (non-hydrogen) atoms. The van der Waals surface area contributed by atoms with Gasteiger partial charge in [0.05, 0.1) is 5.41 Å². The lowest BCUT2D eigenvalue weighted by atomic mass is 9.64. The van der Waals surface area contributed by atoms with Crippen molar-refractivity contribution >= 4 is 11.8 Å². The van der Waals surface area contributed by atoms with Crippen molar-refractivity contribution in [2.24, 2.45) is 0 Å². The summed E-state index contributed by atoms with van der Waals surface area (Å²) < 4.78 is 0. The van der Waals surface area contributed by atoms with E-state index in [1.54, 1.807) is 0 Å². The molecule has 1 aliphatic carbocycles. The molecule has 4 rings (SSSR count). The van der Waals surface area contributed by atoms with Crippen LogP contribution in [0.2, 0.25) is 0 Å². The summed E-state index contributed by atoms with van der Waals surface area (Å²) in [6.07, 6.45) is 5.68. The van der Waals surface area contributed by atoms with Crippen LogP contribution in [0, 0.1) is 0 Å². The van der Waals surface area contributed by atoms with Crippen molar-refractivity contribution in [3.8, 4) is 0 Å². The van der Waals surface area contributed by atoms with Crippen molar-refractivity contribution in [2.45, 2.75) is 43.9 Å². The summed E-state index contributed by atoms with van der Waals surface area (Å²) in [4.78, 5) is 25.2. The van der Waals surface area contributed by atoms with E-state index < -0.39 is 5.41 Å². The van der Waals surface area contributed by atoms with Gasteiger partial charge in [0, 0.05) is 5.56 Å². The average molecular weight is 319 g/mol. The van der Waals surface area contributed by atoms with Gasteiger partial charge in [-0.15, -0.1) is 0 Å². The van der Waals surface area contributed by atoms with Gasteiger partial charge in [-0.25, -0.2) is 0 Å². The second-order valence-corrected chi connectivity index (χ2v) is 6.93. The zero-order valence-corrected chi connectivity index (χ0v) is 13.7. The van der Waals surface area contributed by atoms with E-state index in [-0.39, 0.29) is 11.8 Å². The summed E-state index contributed by atoms with van der Waals surface area (Å²) in [5.74, 6) is -0.346. The van der Waals surface area contributed by atoms with E-state index in [9.17, 15) is 9.59 Å². The minimum atomic E-state index is -0.521. The lowest BCUT2D eigenvalue weighted by Gasteiger charge is -2.41. The number of carbonyl (C=O) groups is 2. The van der Waals surface area contributed by atoms with E-state index in [0.717, 1.165) is 43.2 Å². The Balaban J connectivity index is 1.87. The molecule has 2 aliphatic rings. The number of fused-ring (bicyclic) bond motifs is 2. The van der Waals surface area contributed by atoms with E-state index in [1.165, 1.54) is 12.0 Å². The Morgan fingerprint density at radius 3 is 2.38 bits per heavy atom. The number of rotatable bonds is 2. The molecule has 2 aromatic rings. The van der Waals surface area contributed by atoms with E-state index in [4.69, 9.17) is 0 Å². The molecular formula is C21H21NO2. The minimum Gasteiger partial charge on any atom is -0.292 e. The molecule has 122 valence electrons. The third-order valence-corrected chi connectivity index (χ3v) is 5.48. The summed E-state index contributed by atoms with van der Waals surface area (Å²) in [6.45, 7) is 0. The van der Waals surface area contributed by atoms with Crippen LogP contribution >= 0.6 is 0 Å². The number of hydrogen-bond acceptors (Lipinski definition) is 2. The number of carbonyl (C=O) groups excluding carboxylic acids is 2. The molecule has 0 bridgehead atoms. The highest BCUT2D eigenvalue weighted by atomic mass is 16.2. The number of benzene rings is 2. The monoisotopic (exact) mass is 319 g/mol. The van der Waals surface area contributed by atoms with Gasteiger partial charge in [-0.3, -0.25) is 14.9 Å². The summed E-state index contributed by atoms with van der Waals surface area (Å²) in [5, 5.41) is 2.61. The molecular weight excluding hydrogens is 298 g/mol. The standard InChI is InChI=1S/C21H21NO2/c23-19-17-11-7-10-16(14-15-8-3-1-4-9-15)18(17)21(20(24)22-19)12-5-2-6-13-21/h1,3-4,7-11H,2,5-6,12-14H2,(H,22,23,24). The smallest absolute Gasteiger partial charge is 0.258 e.